The SMILES string of the molecule is Oc1cccc(F)c1-c1c(Cl)cc2c(N3CC4(CCNC4)C3)ncnc2c1F. The quantitative estimate of drug-likeness (QED) is 0.684. The zero-order valence-electron chi connectivity index (χ0n) is 14.8. The van der Waals surface area contributed by atoms with E-state index in [4.69, 9.17) is 11.6 Å². The Bertz CT molecular complexity index is 1070. The number of halogens is 3. The summed E-state index contributed by atoms with van der Waals surface area (Å²) in [6, 6.07) is 5.34. The van der Waals surface area contributed by atoms with Gasteiger partial charge in [-0.1, -0.05) is 17.7 Å². The molecule has 1 spiro atoms. The number of nitrogens with zero attached hydrogens (tertiary/aromatic N) is 3. The fourth-order valence-electron chi connectivity index (χ4n) is 4.34. The standard InChI is InChI=1S/C20H17ClF2N4O/c21-12-6-11-18(17(23)15(12)16-13(22)2-1-3-14(16)28)25-10-26-19(11)27-8-20(9-27)4-5-24-7-20/h1-3,6,10,24,28H,4-5,7-9H2. The molecule has 0 saturated carbocycles. The lowest BCUT2D eigenvalue weighted by molar-refractivity contribution is 0.242. The van der Waals surface area contributed by atoms with Crippen LogP contribution >= 0.6 is 11.6 Å². The van der Waals surface area contributed by atoms with Crippen molar-refractivity contribution in [1.82, 2.24) is 15.3 Å². The van der Waals surface area contributed by atoms with Gasteiger partial charge in [-0.05, 0) is 31.2 Å². The van der Waals surface area contributed by atoms with Crippen LogP contribution in [0, 0.1) is 17.0 Å². The fourth-order valence-corrected chi connectivity index (χ4v) is 4.62. The summed E-state index contributed by atoms with van der Waals surface area (Å²) >= 11 is 6.34. The van der Waals surface area contributed by atoms with Crippen LogP contribution in [0.3, 0.4) is 0 Å². The molecule has 0 radical (unpaired) electrons. The van der Waals surface area contributed by atoms with Crippen molar-refractivity contribution in [1.29, 1.82) is 0 Å². The van der Waals surface area contributed by atoms with Gasteiger partial charge in [0, 0.05) is 36.0 Å². The van der Waals surface area contributed by atoms with Gasteiger partial charge >= 0.3 is 0 Å². The molecule has 2 saturated heterocycles. The molecule has 144 valence electrons. The first-order chi connectivity index (χ1) is 13.5. The van der Waals surface area contributed by atoms with Crippen LogP contribution in [-0.2, 0) is 0 Å². The molecule has 2 fully saturated rings. The largest absolute Gasteiger partial charge is 0.507 e. The van der Waals surface area contributed by atoms with E-state index in [1.807, 2.05) is 0 Å². The number of fused-ring (bicyclic) bond motifs is 1. The summed E-state index contributed by atoms with van der Waals surface area (Å²) in [6.45, 7) is 3.65. The minimum Gasteiger partial charge on any atom is -0.507 e. The number of phenols is 1. The maximum absolute atomic E-state index is 15.4. The van der Waals surface area contributed by atoms with Gasteiger partial charge in [0.1, 0.15) is 29.2 Å². The monoisotopic (exact) mass is 402 g/mol. The summed E-state index contributed by atoms with van der Waals surface area (Å²) in [7, 11) is 0. The molecular formula is C20H17ClF2N4O. The summed E-state index contributed by atoms with van der Waals surface area (Å²) in [4.78, 5) is 10.5. The fraction of sp³-hybridized carbons (Fsp3) is 0.300. The van der Waals surface area contributed by atoms with Crippen LogP contribution in [0.15, 0.2) is 30.6 Å². The second kappa shape index (κ2) is 6.25. The average molecular weight is 403 g/mol. The second-order valence-electron chi connectivity index (χ2n) is 7.56. The Morgan fingerprint density at radius 3 is 2.71 bits per heavy atom. The molecule has 2 aromatic carbocycles. The van der Waals surface area contributed by atoms with Crippen molar-refractivity contribution in [3.63, 3.8) is 0 Å². The first-order valence-corrected chi connectivity index (χ1v) is 9.43. The number of anilines is 1. The van der Waals surface area contributed by atoms with E-state index in [9.17, 15) is 9.50 Å². The molecule has 0 aliphatic carbocycles. The topological polar surface area (TPSA) is 61.3 Å². The molecule has 0 atom stereocenters. The lowest BCUT2D eigenvalue weighted by Crippen LogP contribution is -2.57. The number of benzene rings is 2. The van der Waals surface area contributed by atoms with Crippen molar-refractivity contribution in [2.45, 2.75) is 6.42 Å². The third kappa shape index (κ3) is 2.53. The summed E-state index contributed by atoms with van der Waals surface area (Å²) < 4.78 is 29.7. The highest BCUT2D eigenvalue weighted by Gasteiger charge is 2.45. The minimum absolute atomic E-state index is 0.000722. The van der Waals surface area contributed by atoms with E-state index in [0.29, 0.717) is 11.2 Å². The summed E-state index contributed by atoms with van der Waals surface area (Å²) in [6.07, 6.45) is 2.41. The third-order valence-corrected chi connectivity index (χ3v) is 6.02. The van der Waals surface area contributed by atoms with Crippen molar-refractivity contribution >= 4 is 28.3 Å². The molecule has 1 aromatic heterocycles. The smallest absolute Gasteiger partial charge is 0.159 e. The van der Waals surface area contributed by atoms with E-state index >= 15 is 4.39 Å². The molecule has 2 aliphatic rings. The molecular weight excluding hydrogens is 386 g/mol. The number of rotatable bonds is 2. The van der Waals surface area contributed by atoms with E-state index < -0.39 is 11.6 Å². The highest BCUT2D eigenvalue weighted by atomic mass is 35.5. The van der Waals surface area contributed by atoms with Crippen molar-refractivity contribution in [2.75, 3.05) is 31.1 Å². The van der Waals surface area contributed by atoms with Crippen LogP contribution in [0.5, 0.6) is 5.75 Å². The molecule has 8 heteroatoms. The maximum atomic E-state index is 15.4. The van der Waals surface area contributed by atoms with Crippen molar-refractivity contribution < 1.29 is 13.9 Å². The van der Waals surface area contributed by atoms with E-state index in [2.05, 4.69) is 20.2 Å². The Morgan fingerprint density at radius 2 is 2.00 bits per heavy atom. The summed E-state index contributed by atoms with van der Waals surface area (Å²) in [5.74, 6) is -1.29. The predicted octanol–water partition coefficient (Wildman–Crippen LogP) is 3.73. The van der Waals surface area contributed by atoms with Crippen LogP contribution in [0.25, 0.3) is 22.0 Å². The van der Waals surface area contributed by atoms with E-state index in [1.54, 1.807) is 6.07 Å². The number of hydrogen-bond acceptors (Lipinski definition) is 5. The number of phenolic OH excluding ortho intramolecular Hbond substituents is 1. The molecule has 3 aromatic rings. The zero-order valence-corrected chi connectivity index (χ0v) is 15.6. The Balaban J connectivity index is 1.64. The highest BCUT2D eigenvalue weighted by molar-refractivity contribution is 6.34. The van der Waals surface area contributed by atoms with Gasteiger partial charge in [-0.2, -0.15) is 0 Å². The first kappa shape index (κ1) is 17.6. The van der Waals surface area contributed by atoms with Gasteiger partial charge in [0.05, 0.1) is 10.6 Å². The predicted molar refractivity (Wildman–Crippen MR) is 104 cm³/mol. The Morgan fingerprint density at radius 1 is 1.18 bits per heavy atom. The van der Waals surface area contributed by atoms with Crippen LogP contribution in [0.4, 0.5) is 14.6 Å². The lowest BCUT2D eigenvalue weighted by atomic mass is 9.79. The van der Waals surface area contributed by atoms with E-state index in [-0.39, 0.29) is 32.8 Å². The van der Waals surface area contributed by atoms with Crippen molar-refractivity contribution in [2.24, 2.45) is 5.41 Å². The molecule has 2 N–H and O–H groups in total. The summed E-state index contributed by atoms with van der Waals surface area (Å²) in [5, 5.41) is 13.9. The number of aromatic nitrogens is 2. The Labute approximate surface area is 165 Å². The molecule has 5 nitrogen and oxygen atoms in total. The zero-order chi connectivity index (χ0) is 19.5. The van der Waals surface area contributed by atoms with Gasteiger partial charge in [-0.15, -0.1) is 0 Å². The average Bonchev–Trinajstić information content (AvgIpc) is 3.13. The van der Waals surface area contributed by atoms with Crippen LogP contribution < -0.4 is 10.2 Å². The normalized spacial score (nSPS) is 18.0. The first-order valence-electron chi connectivity index (χ1n) is 9.05. The molecule has 0 bridgehead atoms. The molecule has 0 unspecified atom stereocenters. The highest BCUT2D eigenvalue weighted by Crippen LogP contribution is 2.44. The van der Waals surface area contributed by atoms with Gasteiger partial charge in [0.25, 0.3) is 0 Å². The number of aromatic hydroxyl groups is 1. The van der Waals surface area contributed by atoms with Gasteiger partial charge in [-0.3, -0.25) is 0 Å². The van der Waals surface area contributed by atoms with Crippen LogP contribution in [0.1, 0.15) is 6.42 Å². The molecule has 3 heterocycles. The maximum Gasteiger partial charge on any atom is 0.159 e. The van der Waals surface area contributed by atoms with Gasteiger partial charge < -0.3 is 15.3 Å². The molecule has 5 rings (SSSR count). The van der Waals surface area contributed by atoms with Crippen LogP contribution in [0.2, 0.25) is 5.02 Å². The second-order valence-corrected chi connectivity index (χ2v) is 7.96. The van der Waals surface area contributed by atoms with E-state index in [1.165, 1.54) is 18.5 Å². The molecule has 0 amide bonds. The van der Waals surface area contributed by atoms with Crippen LogP contribution in [-0.4, -0.2) is 41.3 Å². The van der Waals surface area contributed by atoms with E-state index in [0.717, 1.165) is 38.7 Å². The van der Waals surface area contributed by atoms with Gasteiger partial charge in [-0.25, -0.2) is 18.7 Å². The Hall–Kier alpha value is -2.51. The lowest BCUT2D eigenvalue weighted by Gasteiger charge is -2.48. The number of nitrogens with one attached hydrogen (secondary N) is 1. The third-order valence-electron chi connectivity index (χ3n) is 5.73. The van der Waals surface area contributed by atoms with Gasteiger partial charge in [0.2, 0.25) is 0 Å². The van der Waals surface area contributed by atoms with Crippen molar-refractivity contribution in [3.8, 4) is 16.9 Å². The van der Waals surface area contributed by atoms with Gasteiger partial charge in [0.15, 0.2) is 5.82 Å². The molecule has 28 heavy (non-hydrogen) atoms. The molecule has 2 aliphatic heterocycles. The Kier molecular flexibility index (Phi) is 3.93. The van der Waals surface area contributed by atoms with Crippen molar-refractivity contribution in [3.05, 3.63) is 47.2 Å². The summed E-state index contributed by atoms with van der Waals surface area (Å²) in [5.41, 5.74) is -0.169. The minimum atomic E-state index is -0.774. The number of hydrogen-bond donors (Lipinski definition) is 2.